The largest absolute Gasteiger partial charge is 0.298 e. The quantitative estimate of drug-likeness (QED) is 0.821. The van der Waals surface area contributed by atoms with Crippen LogP contribution in [-0.2, 0) is 14.6 Å². The summed E-state index contributed by atoms with van der Waals surface area (Å²) in [6.45, 7) is 1.48. The fourth-order valence-electron chi connectivity index (χ4n) is 2.09. The Hall–Kier alpha value is -1.16. The molecular formula is C13H16O3S. The van der Waals surface area contributed by atoms with E-state index in [1.807, 2.05) is 30.3 Å². The van der Waals surface area contributed by atoms with Crippen molar-refractivity contribution in [3.8, 4) is 0 Å². The molecule has 1 fully saturated rings. The predicted octanol–water partition coefficient (Wildman–Crippen LogP) is 1.79. The smallest absolute Gasteiger partial charge is 0.157 e. The van der Waals surface area contributed by atoms with Crippen molar-refractivity contribution in [3.05, 3.63) is 35.9 Å². The first-order valence-corrected chi connectivity index (χ1v) is 7.64. The summed E-state index contributed by atoms with van der Waals surface area (Å²) >= 11 is 0. The van der Waals surface area contributed by atoms with Gasteiger partial charge >= 0.3 is 0 Å². The van der Waals surface area contributed by atoms with Crippen LogP contribution in [-0.4, -0.2) is 25.7 Å². The molecule has 1 saturated carbocycles. The van der Waals surface area contributed by atoms with Crippen molar-refractivity contribution in [1.82, 2.24) is 0 Å². The van der Waals surface area contributed by atoms with Gasteiger partial charge in [0, 0.05) is 12.2 Å². The second-order valence-corrected chi connectivity index (χ2v) is 7.10. The minimum Gasteiger partial charge on any atom is -0.298 e. The lowest BCUT2D eigenvalue weighted by atomic mass is 10.1. The van der Waals surface area contributed by atoms with E-state index in [1.165, 1.54) is 6.92 Å². The normalized spacial score (nSPS) is 25.3. The monoisotopic (exact) mass is 252 g/mol. The van der Waals surface area contributed by atoms with E-state index in [2.05, 4.69) is 0 Å². The van der Waals surface area contributed by atoms with E-state index >= 15 is 0 Å². The van der Waals surface area contributed by atoms with Gasteiger partial charge in [-0.05, 0) is 24.8 Å². The minimum atomic E-state index is -3.26. The Bertz CT molecular complexity index is 519. The molecule has 0 radical (unpaired) electrons. The lowest BCUT2D eigenvalue weighted by molar-refractivity contribution is -0.119. The fraction of sp³-hybridized carbons (Fsp3) is 0.462. The molecule has 1 aromatic rings. The number of hydrogen-bond donors (Lipinski definition) is 0. The number of rotatable bonds is 4. The molecule has 0 aromatic heterocycles. The van der Waals surface area contributed by atoms with E-state index in [0.717, 1.165) is 18.2 Å². The van der Waals surface area contributed by atoms with Crippen LogP contribution in [0.3, 0.4) is 0 Å². The molecule has 3 nitrogen and oxygen atoms in total. The molecule has 0 N–H and O–H groups in total. The molecule has 0 spiro atoms. The maximum atomic E-state index is 12.0. The predicted molar refractivity (Wildman–Crippen MR) is 66.6 cm³/mol. The second kappa shape index (κ2) is 4.26. The van der Waals surface area contributed by atoms with Gasteiger partial charge in [-0.15, -0.1) is 0 Å². The number of Topliss-reactive ketones (excluding diaryl/α,β-unsaturated/α-hetero) is 1. The molecule has 0 bridgehead atoms. The van der Waals surface area contributed by atoms with Crippen LogP contribution in [0.2, 0.25) is 0 Å². The number of benzene rings is 1. The van der Waals surface area contributed by atoms with Crippen molar-refractivity contribution in [2.24, 2.45) is 5.92 Å². The van der Waals surface area contributed by atoms with Crippen LogP contribution in [0.5, 0.6) is 0 Å². The molecule has 0 aliphatic heterocycles. The van der Waals surface area contributed by atoms with Gasteiger partial charge in [-0.2, -0.15) is 0 Å². The molecule has 1 aromatic carbocycles. The van der Waals surface area contributed by atoms with Crippen LogP contribution in [0, 0.1) is 5.92 Å². The molecule has 92 valence electrons. The SMILES string of the molecule is CC(C(=O)C1CC1c1ccccc1)S(C)(=O)=O. The van der Waals surface area contributed by atoms with Crippen molar-refractivity contribution in [3.63, 3.8) is 0 Å². The summed E-state index contributed by atoms with van der Waals surface area (Å²) in [5.74, 6) is -0.0311. The Morgan fingerprint density at radius 1 is 1.29 bits per heavy atom. The van der Waals surface area contributed by atoms with E-state index in [4.69, 9.17) is 0 Å². The van der Waals surface area contributed by atoms with Crippen molar-refractivity contribution in [2.45, 2.75) is 24.5 Å². The Kier molecular flexibility index (Phi) is 3.08. The number of ketones is 1. The Morgan fingerprint density at radius 2 is 1.88 bits per heavy atom. The highest BCUT2D eigenvalue weighted by Crippen LogP contribution is 2.48. The molecule has 3 unspecified atom stereocenters. The highest BCUT2D eigenvalue weighted by atomic mass is 32.2. The molecule has 17 heavy (non-hydrogen) atoms. The van der Waals surface area contributed by atoms with Gasteiger partial charge in [0.05, 0.1) is 0 Å². The van der Waals surface area contributed by atoms with Crippen LogP contribution in [0.25, 0.3) is 0 Å². The van der Waals surface area contributed by atoms with Gasteiger partial charge < -0.3 is 0 Å². The third-order valence-electron chi connectivity index (χ3n) is 3.43. The third kappa shape index (κ3) is 2.57. The minimum absolute atomic E-state index is 0.109. The summed E-state index contributed by atoms with van der Waals surface area (Å²) in [6, 6.07) is 9.79. The zero-order valence-electron chi connectivity index (χ0n) is 9.96. The van der Waals surface area contributed by atoms with Gasteiger partial charge in [0.1, 0.15) is 5.25 Å². The van der Waals surface area contributed by atoms with Gasteiger partial charge in [0.15, 0.2) is 15.6 Å². The van der Waals surface area contributed by atoms with Crippen molar-refractivity contribution in [1.29, 1.82) is 0 Å². The topological polar surface area (TPSA) is 51.2 Å². The number of sulfone groups is 1. The Balaban J connectivity index is 2.07. The highest BCUT2D eigenvalue weighted by Gasteiger charge is 2.46. The van der Waals surface area contributed by atoms with Crippen LogP contribution in [0.1, 0.15) is 24.8 Å². The third-order valence-corrected chi connectivity index (χ3v) is 4.94. The van der Waals surface area contributed by atoms with E-state index in [9.17, 15) is 13.2 Å². The zero-order chi connectivity index (χ0) is 12.6. The molecule has 0 saturated heterocycles. The van der Waals surface area contributed by atoms with Crippen LogP contribution < -0.4 is 0 Å². The maximum Gasteiger partial charge on any atom is 0.157 e. The van der Waals surface area contributed by atoms with E-state index in [0.29, 0.717) is 0 Å². The summed E-state index contributed by atoms with van der Waals surface area (Å²) < 4.78 is 22.7. The molecule has 1 aliphatic rings. The average molecular weight is 252 g/mol. The summed E-state index contributed by atoms with van der Waals surface area (Å²) in [4.78, 5) is 12.0. The zero-order valence-corrected chi connectivity index (χ0v) is 10.8. The van der Waals surface area contributed by atoms with E-state index in [-0.39, 0.29) is 17.6 Å². The molecule has 4 heteroatoms. The number of carbonyl (C=O) groups excluding carboxylic acids is 1. The van der Waals surface area contributed by atoms with Gasteiger partial charge in [0.25, 0.3) is 0 Å². The molecule has 3 atom stereocenters. The van der Waals surface area contributed by atoms with Gasteiger partial charge in [-0.1, -0.05) is 30.3 Å². The molecule has 0 amide bonds. The van der Waals surface area contributed by atoms with Crippen LogP contribution in [0.4, 0.5) is 0 Å². The van der Waals surface area contributed by atoms with E-state index in [1.54, 1.807) is 0 Å². The lowest BCUT2D eigenvalue weighted by Gasteiger charge is -2.07. The van der Waals surface area contributed by atoms with E-state index < -0.39 is 15.1 Å². The summed E-state index contributed by atoms with van der Waals surface area (Å²) in [5, 5.41) is -0.874. The summed E-state index contributed by atoms with van der Waals surface area (Å²) in [6.07, 6.45) is 1.90. The first kappa shape index (κ1) is 12.3. The van der Waals surface area contributed by atoms with Crippen LogP contribution in [0.15, 0.2) is 30.3 Å². The fourth-order valence-corrected chi connectivity index (χ4v) is 2.69. The van der Waals surface area contributed by atoms with Gasteiger partial charge in [-0.25, -0.2) is 8.42 Å². The highest BCUT2D eigenvalue weighted by molar-refractivity contribution is 7.92. The second-order valence-electron chi connectivity index (χ2n) is 4.73. The average Bonchev–Trinajstić information content (AvgIpc) is 3.07. The van der Waals surface area contributed by atoms with Crippen LogP contribution >= 0.6 is 0 Å². The Labute approximate surface area is 102 Å². The summed E-state index contributed by atoms with van der Waals surface area (Å²) in [7, 11) is -3.26. The molecule has 2 rings (SSSR count). The van der Waals surface area contributed by atoms with Crippen molar-refractivity contribution < 1.29 is 13.2 Å². The van der Waals surface area contributed by atoms with Gasteiger partial charge in [-0.3, -0.25) is 4.79 Å². The number of carbonyl (C=O) groups is 1. The van der Waals surface area contributed by atoms with Crippen molar-refractivity contribution in [2.75, 3.05) is 6.26 Å². The number of hydrogen-bond acceptors (Lipinski definition) is 3. The molecule has 1 aliphatic carbocycles. The Morgan fingerprint density at radius 3 is 2.41 bits per heavy atom. The summed E-state index contributed by atoms with van der Waals surface area (Å²) in [5.41, 5.74) is 1.13. The first-order valence-electron chi connectivity index (χ1n) is 5.69. The van der Waals surface area contributed by atoms with Crippen molar-refractivity contribution >= 4 is 15.6 Å². The lowest BCUT2D eigenvalue weighted by Crippen LogP contribution is -2.27. The molecular weight excluding hydrogens is 236 g/mol. The standard InChI is InChI=1S/C13H16O3S/c1-9(17(2,15)16)13(14)12-8-11(12)10-6-4-3-5-7-10/h3-7,9,11-12H,8H2,1-2H3. The first-order chi connectivity index (χ1) is 7.91. The molecule has 0 heterocycles. The maximum absolute atomic E-state index is 12.0. The van der Waals surface area contributed by atoms with Gasteiger partial charge in [0.2, 0.25) is 0 Å².